The van der Waals surface area contributed by atoms with Crippen LogP contribution in [0.25, 0.3) is 10.4 Å². The second-order valence-corrected chi connectivity index (χ2v) is 9.84. The third-order valence-corrected chi connectivity index (χ3v) is 7.80. The highest BCUT2D eigenvalue weighted by molar-refractivity contribution is 7.14. The van der Waals surface area contributed by atoms with E-state index in [9.17, 15) is 9.59 Å². The average Bonchev–Trinajstić information content (AvgIpc) is 3.25. The van der Waals surface area contributed by atoms with Crippen LogP contribution in [-0.4, -0.2) is 47.3 Å². The van der Waals surface area contributed by atoms with Gasteiger partial charge in [-0.05, 0) is 61.2 Å². The summed E-state index contributed by atoms with van der Waals surface area (Å²) in [6, 6.07) is 19.8. The molecule has 0 bridgehead atoms. The maximum atomic E-state index is 13.7. The highest BCUT2D eigenvalue weighted by atomic mass is 32.1. The molecule has 2 aromatic carbocycles. The van der Waals surface area contributed by atoms with Crippen LogP contribution < -0.4 is 0 Å². The first-order valence-electron chi connectivity index (χ1n) is 11.4. The van der Waals surface area contributed by atoms with Gasteiger partial charge in [-0.2, -0.15) is 0 Å². The number of aryl methyl sites for hydroxylation is 1. The van der Waals surface area contributed by atoms with Crippen molar-refractivity contribution in [3.8, 4) is 10.4 Å². The third kappa shape index (κ3) is 3.86. The Hall–Kier alpha value is -2.92. The molecule has 0 unspecified atom stereocenters. The highest BCUT2D eigenvalue weighted by Crippen LogP contribution is 2.50. The van der Waals surface area contributed by atoms with Crippen LogP contribution in [0.15, 0.2) is 66.0 Å². The van der Waals surface area contributed by atoms with E-state index in [0.29, 0.717) is 30.5 Å². The number of hydrogen-bond acceptors (Lipinski definition) is 3. The number of carbonyl (C=O) groups is 2. The monoisotopic (exact) mass is 444 g/mol. The predicted molar refractivity (Wildman–Crippen MR) is 129 cm³/mol. The van der Waals surface area contributed by atoms with Gasteiger partial charge in [-0.25, -0.2) is 0 Å². The summed E-state index contributed by atoms with van der Waals surface area (Å²) in [6.45, 7) is 6.12. The van der Waals surface area contributed by atoms with Gasteiger partial charge in [0.1, 0.15) is 0 Å². The van der Waals surface area contributed by atoms with Crippen LogP contribution in [0.1, 0.15) is 39.6 Å². The van der Waals surface area contributed by atoms with Gasteiger partial charge in [-0.15, -0.1) is 11.3 Å². The van der Waals surface area contributed by atoms with E-state index in [4.69, 9.17) is 0 Å². The standard InChI is InChI=1S/C27H28N2O2S/c1-3-28(26(30)19-9-5-4-6-10-19)17-24-23-15-21(23)16-29(24)27(31)22-12-13-32-25(22)20-11-7-8-18(2)14-20/h4-14,21,23-24H,3,15-17H2,1-2H3/t21-,23-,24+/m0/s1. The van der Waals surface area contributed by atoms with Crippen molar-refractivity contribution in [1.29, 1.82) is 0 Å². The number of rotatable bonds is 6. The van der Waals surface area contributed by atoms with Crippen molar-refractivity contribution in [1.82, 2.24) is 9.80 Å². The fourth-order valence-electron chi connectivity index (χ4n) is 5.03. The number of likely N-dealkylation sites (tertiary alicyclic amines) is 1. The van der Waals surface area contributed by atoms with E-state index in [1.54, 1.807) is 11.3 Å². The molecule has 1 aromatic heterocycles. The lowest BCUT2D eigenvalue weighted by atomic mass is 10.1. The molecule has 3 aromatic rings. The maximum absolute atomic E-state index is 13.7. The van der Waals surface area contributed by atoms with E-state index in [1.165, 1.54) is 12.0 Å². The number of hydrogen-bond donors (Lipinski definition) is 0. The Bertz CT molecular complexity index is 1140. The van der Waals surface area contributed by atoms with Gasteiger partial charge in [0.15, 0.2) is 0 Å². The van der Waals surface area contributed by atoms with Gasteiger partial charge < -0.3 is 9.80 Å². The van der Waals surface area contributed by atoms with Crippen molar-refractivity contribution in [2.24, 2.45) is 11.8 Å². The van der Waals surface area contributed by atoms with Gasteiger partial charge in [0.25, 0.3) is 11.8 Å². The summed E-state index contributed by atoms with van der Waals surface area (Å²) in [6.07, 6.45) is 1.17. The summed E-state index contributed by atoms with van der Waals surface area (Å²) in [5.41, 5.74) is 3.77. The van der Waals surface area contributed by atoms with Gasteiger partial charge in [0.05, 0.1) is 11.6 Å². The summed E-state index contributed by atoms with van der Waals surface area (Å²) < 4.78 is 0. The minimum atomic E-state index is 0.0422. The summed E-state index contributed by atoms with van der Waals surface area (Å²) in [4.78, 5) is 31.8. The van der Waals surface area contributed by atoms with Crippen LogP contribution in [0.2, 0.25) is 0 Å². The number of likely N-dealkylation sites (N-methyl/N-ethyl adjacent to an activating group) is 1. The van der Waals surface area contributed by atoms with Crippen LogP contribution >= 0.6 is 11.3 Å². The molecular weight excluding hydrogens is 416 g/mol. The Balaban J connectivity index is 1.38. The molecule has 32 heavy (non-hydrogen) atoms. The Morgan fingerprint density at radius 1 is 1.09 bits per heavy atom. The zero-order valence-corrected chi connectivity index (χ0v) is 19.3. The Morgan fingerprint density at radius 2 is 1.91 bits per heavy atom. The molecule has 5 heteroatoms. The molecule has 2 heterocycles. The lowest BCUT2D eigenvalue weighted by Gasteiger charge is -2.32. The molecule has 1 aliphatic carbocycles. The Morgan fingerprint density at radius 3 is 2.66 bits per heavy atom. The van der Waals surface area contributed by atoms with Gasteiger partial charge in [-0.1, -0.05) is 48.0 Å². The normalized spacial score (nSPS) is 21.3. The number of piperidine rings is 1. The van der Waals surface area contributed by atoms with E-state index >= 15 is 0 Å². The van der Waals surface area contributed by atoms with Gasteiger partial charge in [0, 0.05) is 30.1 Å². The first kappa shape index (κ1) is 21.0. The fourth-order valence-corrected chi connectivity index (χ4v) is 5.91. The van der Waals surface area contributed by atoms with Crippen LogP contribution in [-0.2, 0) is 0 Å². The zero-order chi connectivity index (χ0) is 22.2. The Kier molecular flexibility index (Phi) is 5.60. The maximum Gasteiger partial charge on any atom is 0.255 e. The van der Waals surface area contributed by atoms with Gasteiger partial charge >= 0.3 is 0 Å². The lowest BCUT2D eigenvalue weighted by molar-refractivity contribution is 0.0594. The van der Waals surface area contributed by atoms with Crippen molar-refractivity contribution in [3.63, 3.8) is 0 Å². The van der Waals surface area contributed by atoms with Crippen molar-refractivity contribution in [2.75, 3.05) is 19.6 Å². The third-order valence-electron chi connectivity index (χ3n) is 6.84. The number of benzene rings is 2. The smallest absolute Gasteiger partial charge is 0.255 e. The van der Waals surface area contributed by atoms with Gasteiger partial charge in [-0.3, -0.25) is 9.59 Å². The molecule has 3 atom stereocenters. The summed E-state index contributed by atoms with van der Waals surface area (Å²) in [7, 11) is 0. The quantitative estimate of drug-likeness (QED) is 0.514. The molecule has 2 fully saturated rings. The number of fused-ring (bicyclic) bond motifs is 1. The number of nitrogens with zero attached hydrogens (tertiary/aromatic N) is 2. The summed E-state index contributed by atoms with van der Waals surface area (Å²) in [5.74, 6) is 1.23. The molecule has 1 saturated carbocycles. The van der Waals surface area contributed by atoms with Crippen molar-refractivity contribution in [2.45, 2.75) is 26.3 Å². The van der Waals surface area contributed by atoms with E-state index in [0.717, 1.165) is 22.5 Å². The number of carbonyl (C=O) groups excluding carboxylic acids is 2. The zero-order valence-electron chi connectivity index (χ0n) is 18.5. The van der Waals surface area contributed by atoms with Crippen LogP contribution in [0.3, 0.4) is 0 Å². The first-order valence-corrected chi connectivity index (χ1v) is 12.2. The molecule has 164 valence electrons. The molecular formula is C27H28N2O2S. The van der Waals surface area contributed by atoms with E-state index in [2.05, 4.69) is 25.1 Å². The van der Waals surface area contributed by atoms with Crippen LogP contribution in [0, 0.1) is 18.8 Å². The fraction of sp³-hybridized carbons (Fsp3) is 0.333. The van der Waals surface area contributed by atoms with Crippen LogP contribution in [0.4, 0.5) is 0 Å². The molecule has 2 aliphatic rings. The second kappa shape index (κ2) is 8.55. The van der Waals surface area contributed by atoms with Crippen molar-refractivity contribution >= 4 is 23.2 Å². The average molecular weight is 445 g/mol. The minimum Gasteiger partial charge on any atom is -0.337 e. The molecule has 2 amide bonds. The second-order valence-electron chi connectivity index (χ2n) is 8.93. The van der Waals surface area contributed by atoms with Gasteiger partial charge in [0.2, 0.25) is 0 Å². The Labute approximate surface area is 193 Å². The molecule has 4 nitrogen and oxygen atoms in total. The molecule has 5 rings (SSSR count). The lowest BCUT2D eigenvalue weighted by Crippen LogP contribution is -2.47. The summed E-state index contributed by atoms with van der Waals surface area (Å²) in [5, 5.41) is 2.01. The van der Waals surface area contributed by atoms with Crippen molar-refractivity contribution in [3.05, 3.63) is 82.7 Å². The van der Waals surface area contributed by atoms with E-state index < -0.39 is 0 Å². The summed E-state index contributed by atoms with van der Waals surface area (Å²) >= 11 is 1.62. The largest absolute Gasteiger partial charge is 0.337 e. The molecule has 0 N–H and O–H groups in total. The number of thiophene rings is 1. The van der Waals surface area contributed by atoms with Crippen molar-refractivity contribution < 1.29 is 9.59 Å². The molecule has 1 saturated heterocycles. The highest BCUT2D eigenvalue weighted by Gasteiger charge is 2.54. The SMILES string of the molecule is CCN(C[C@@H]1[C@H]2C[C@H]2CN1C(=O)c1ccsc1-c1cccc(C)c1)C(=O)c1ccccc1. The first-order chi connectivity index (χ1) is 15.6. The molecule has 1 aliphatic heterocycles. The molecule has 0 spiro atoms. The number of amides is 2. The van der Waals surface area contributed by atoms with E-state index in [-0.39, 0.29) is 17.9 Å². The predicted octanol–water partition coefficient (Wildman–Crippen LogP) is 5.35. The topological polar surface area (TPSA) is 40.6 Å². The molecule has 0 radical (unpaired) electrons. The minimum absolute atomic E-state index is 0.0422. The van der Waals surface area contributed by atoms with E-state index in [1.807, 2.05) is 64.6 Å². The van der Waals surface area contributed by atoms with Crippen LogP contribution in [0.5, 0.6) is 0 Å².